The number of hydrogen-bond donors (Lipinski definition) is 1. The maximum atomic E-state index is 13.3. The summed E-state index contributed by atoms with van der Waals surface area (Å²) in [7, 11) is 3.71. The molecule has 3 nitrogen and oxygen atoms in total. The number of halogens is 1. The van der Waals surface area contributed by atoms with E-state index in [2.05, 4.69) is 0 Å². The average molecular weight is 239 g/mol. The van der Waals surface area contributed by atoms with Crippen LogP contribution in [-0.4, -0.2) is 25.2 Å². The first kappa shape index (κ1) is 13.5. The van der Waals surface area contributed by atoms with Crippen LogP contribution in [0.1, 0.15) is 25.8 Å². The molecule has 0 atom stereocenters. The Hall–Kier alpha value is -1.58. The number of nitrogens with zero attached hydrogens (tertiary/aromatic N) is 1. The van der Waals surface area contributed by atoms with Gasteiger partial charge in [0.15, 0.2) is 0 Å². The van der Waals surface area contributed by atoms with E-state index in [-0.39, 0.29) is 12.2 Å². The summed E-state index contributed by atoms with van der Waals surface area (Å²) < 4.78 is 13.3. The molecule has 17 heavy (non-hydrogen) atoms. The predicted molar refractivity (Wildman–Crippen MR) is 66.0 cm³/mol. The number of benzene rings is 1. The summed E-state index contributed by atoms with van der Waals surface area (Å²) in [6.07, 6.45) is -0.0305. The van der Waals surface area contributed by atoms with Gasteiger partial charge in [0, 0.05) is 25.2 Å². The fourth-order valence-corrected chi connectivity index (χ4v) is 1.91. The van der Waals surface area contributed by atoms with Gasteiger partial charge in [-0.1, -0.05) is 13.8 Å². The number of carbonyl (C=O) groups is 1. The standard InChI is InChI=1S/C13H18FNO2/c1-13(2,8-12(16)17)10-7-9(14)5-6-11(10)15(3)4/h5-7H,8H2,1-4H3,(H,16,17). The molecule has 0 aliphatic rings. The van der Waals surface area contributed by atoms with Crippen LogP contribution in [-0.2, 0) is 10.2 Å². The van der Waals surface area contributed by atoms with Crippen molar-refractivity contribution in [3.05, 3.63) is 29.6 Å². The van der Waals surface area contributed by atoms with E-state index in [1.807, 2.05) is 32.8 Å². The summed E-state index contributed by atoms with van der Waals surface area (Å²) in [6, 6.07) is 4.47. The van der Waals surface area contributed by atoms with E-state index >= 15 is 0 Å². The van der Waals surface area contributed by atoms with Gasteiger partial charge >= 0.3 is 5.97 Å². The van der Waals surface area contributed by atoms with E-state index in [1.165, 1.54) is 12.1 Å². The molecule has 0 radical (unpaired) electrons. The minimum Gasteiger partial charge on any atom is -0.481 e. The predicted octanol–water partition coefficient (Wildman–Crippen LogP) is 2.64. The molecule has 0 aliphatic heterocycles. The minimum atomic E-state index is -0.885. The zero-order valence-corrected chi connectivity index (χ0v) is 10.6. The number of hydrogen-bond acceptors (Lipinski definition) is 2. The average Bonchev–Trinajstić information content (AvgIpc) is 2.14. The van der Waals surface area contributed by atoms with Crippen molar-refractivity contribution in [1.29, 1.82) is 0 Å². The lowest BCUT2D eigenvalue weighted by molar-refractivity contribution is -0.138. The summed E-state index contributed by atoms with van der Waals surface area (Å²) in [5.74, 6) is -1.23. The van der Waals surface area contributed by atoms with Gasteiger partial charge in [0.05, 0.1) is 6.42 Å². The molecule has 0 amide bonds. The molecule has 1 N–H and O–H groups in total. The monoisotopic (exact) mass is 239 g/mol. The van der Waals surface area contributed by atoms with Gasteiger partial charge in [0.1, 0.15) is 5.82 Å². The largest absolute Gasteiger partial charge is 0.481 e. The summed E-state index contributed by atoms with van der Waals surface area (Å²) in [6.45, 7) is 3.62. The molecule has 1 aromatic carbocycles. The van der Waals surface area contributed by atoms with E-state index in [4.69, 9.17) is 5.11 Å². The molecule has 0 saturated heterocycles. The van der Waals surface area contributed by atoms with Gasteiger partial charge in [0.25, 0.3) is 0 Å². The Bertz CT molecular complexity index is 427. The van der Waals surface area contributed by atoms with Crippen LogP contribution in [0, 0.1) is 5.82 Å². The van der Waals surface area contributed by atoms with Crippen LogP contribution < -0.4 is 4.90 Å². The lowest BCUT2D eigenvalue weighted by Crippen LogP contribution is -2.25. The van der Waals surface area contributed by atoms with E-state index in [0.29, 0.717) is 5.56 Å². The van der Waals surface area contributed by atoms with Crippen LogP contribution in [0.15, 0.2) is 18.2 Å². The Kier molecular flexibility index (Phi) is 3.76. The zero-order valence-electron chi connectivity index (χ0n) is 10.6. The molecular formula is C13H18FNO2. The van der Waals surface area contributed by atoms with Gasteiger partial charge in [-0.3, -0.25) is 4.79 Å². The fraction of sp³-hybridized carbons (Fsp3) is 0.462. The second-order valence-electron chi connectivity index (χ2n) is 5.01. The highest BCUT2D eigenvalue weighted by Crippen LogP contribution is 2.34. The summed E-state index contributed by atoms with van der Waals surface area (Å²) >= 11 is 0. The van der Waals surface area contributed by atoms with Crippen molar-refractivity contribution < 1.29 is 14.3 Å². The fourth-order valence-electron chi connectivity index (χ4n) is 1.91. The molecule has 0 bridgehead atoms. The van der Waals surface area contributed by atoms with Gasteiger partial charge in [-0.15, -0.1) is 0 Å². The molecule has 0 unspecified atom stereocenters. The smallest absolute Gasteiger partial charge is 0.304 e. The molecular weight excluding hydrogens is 221 g/mol. The van der Waals surface area contributed by atoms with Crippen molar-refractivity contribution >= 4 is 11.7 Å². The lowest BCUT2D eigenvalue weighted by Gasteiger charge is -2.28. The molecule has 0 fully saturated rings. The molecule has 0 saturated carbocycles. The maximum Gasteiger partial charge on any atom is 0.304 e. The highest BCUT2D eigenvalue weighted by molar-refractivity contribution is 5.70. The van der Waals surface area contributed by atoms with Crippen LogP contribution in [0.5, 0.6) is 0 Å². The first-order valence-electron chi connectivity index (χ1n) is 5.43. The Balaban J connectivity index is 3.27. The number of carboxylic acid groups (broad SMARTS) is 1. The van der Waals surface area contributed by atoms with Crippen molar-refractivity contribution in [1.82, 2.24) is 0 Å². The van der Waals surface area contributed by atoms with Crippen LogP contribution >= 0.6 is 0 Å². The number of carboxylic acids is 1. The SMILES string of the molecule is CN(C)c1ccc(F)cc1C(C)(C)CC(=O)O. The molecule has 1 aromatic rings. The third-order valence-corrected chi connectivity index (χ3v) is 2.76. The van der Waals surface area contributed by atoms with Gasteiger partial charge in [0.2, 0.25) is 0 Å². The minimum absolute atomic E-state index is 0.0305. The van der Waals surface area contributed by atoms with Crippen molar-refractivity contribution in [3.63, 3.8) is 0 Å². The van der Waals surface area contributed by atoms with E-state index in [9.17, 15) is 9.18 Å². The lowest BCUT2D eigenvalue weighted by atomic mass is 9.80. The first-order valence-corrected chi connectivity index (χ1v) is 5.43. The Morgan fingerprint density at radius 3 is 2.47 bits per heavy atom. The quantitative estimate of drug-likeness (QED) is 0.878. The molecule has 0 aromatic heterocycles. The van der Waals surface area contributed by atoms with E-state index < -0.39 is 11.4 Å². The Labute approximate surface area is 101 Å². The topological polar surface area (TPSA) is 40.5 Å². The molecule has 94 valence electrons. The molecule has 4 heteroatoms. The maximum absolute atomic E-state index is 13.3. The molecule has 0 aliphatic carbocycles. The highest BCUT2D eigenvalue weighted by atomic mass is 19.1. The number of anilines is 1. The van der Waals surface area contributed by atoms with E-state index in [1.54, 1.807) is 6.07 Å². The third-order valence-electron chi connectivity index (χ3n) is 2.76. The number of aliphatic carboxylic acids is 1. The van der Waals surface area contributed by atoms with Crippen LogP contribution in [0.25, 0.3) is 0 Å². The molecule has 0 heterocycles. The van der Waals surface area contributed by atoms with Gasteiger partial charge < -0.3 is 10.0 Å². The first-order chi connectivity index (χ1) is 7.74. The van der Waals surface area contributed by atoms with Crippen molar-refractivity contribution in [2.45, 2.75) is 25.7 Å². The van der Waals surface area contributed by atoms with Crippen LogP contribution in [0.3, 0.4) is 0 Å². The summed E-state index contributed by atoms with van der Waals surface area (Å²) in [5, 5.41) is 8.90. The summed E-state index contributed by atoms with van der Waals surface area (Å²) in [4.78, 5) is 12.7. The molecule has 0 spiro atoms. The van der Waals surface area contributed by atoms with Gasteiger partial charge in [-0.25, -0.2) is 4.39 Å². The third kappa shape index (κ3) is 3.19. The van der Waals surface area contributed by atoms with E-state index in [0.717, 1.165) is 5.69 Å². The van der Waals surface area contributed by atoms with Crippen LogP contribution in [0.2, 0.25) is 0 Å². The van der Waals surface area contributed by atoms with Crippen molar-refractivity contribution in [3.8, 4) is 0 Å². The van der Waals surface area contributed by atoms with Crippen molar-refractivity contribution in [2.24, 2.45) is 0 Å². The number of rotatable bonds is 4. The molecule has 1 rings (SSSR count). The summed E-state index contributed by atoms with van der Waals surface area (Å²) in [5.41, 5.74) is 0.954. The zero-order chi connectivity index (χ0) is 13.2. The second-order valence-corrected chi connectivity index (χ2v) is 5.01. The Morgan fingerprint density at radius 1 is 1.41 bits per heavy atom. The highest BCUT2D eigenvalue weighted by Gasteiger charge is 2.27. The van der Waals surface area contributed by atoms with Gasteiger partial charge in [-0.05, 0) is 23.8 Å². The van der Waals surface area contributed by atoms with Gasteiger partial charge in [-0.2, -0.15) is 0 Å². The Morgan fingerprint density at radius 2 is 2.00 bits per heavy atom. The normalized spacial score (nSPS) is 11.4. The second kappa shape index (κ2) is 4.73. The van der Waals surface area contributed by atoms with Crippen molar-refractivity contribution in [2.75, 3.05) is 19.0 Å². The van der Waals surface area contributed by atoms with Crippen LogP contribution in [0.4, 0.5) is 10.1 Å².